The van der Waals surface area contributed by atoms with Gasteiger partial charge in [0.15, 0.2) is 12.0 Å². The van der Waals surface area contributed by atoms with Gasteiger partial charge in [-0.3, -0.25) is 14.3 Å². The van der Waals surface area contributed by atoms with Crippen molar-refractivity contribution in [2.75, 3.05) is 6.61 Å². The number of aromatic nitrogens is 2. The second-order valence-electron chi connectivity index (χ2n) is 6.86. The summed E-state index contributed by atoms with van der Waals surface area (Å²) < 4.78 is 19.5. The number of ether oxygens (including phenoxy) is 3. The second kappa shape index (κ2) is 5.80. The van der Waals surface area contributed by atoms with Gasteiger partial charge in [-0.25, -0.2) is 4.79 Å². The predicted molar refractivity (Wildman–Crippen MR) is 82.6 cm³/mol. The highest BCUT2D eigenvalue weighted by atomic mass is 16.8. The Kier molecular flexibility index (Phi) is 3.87. The molecule has 1 aromatic heterocycles. The number of fused-ring (bicyclic) bond motifs is 1. The van der Waals surface area contributed by atoms with Crippen LogP contribution in [-0.4, -0.2) is 45.4 Å². The molecule has 0 aromatic carbocycles. The number of nitrogens with one attached hydrogen (secondary N) is 1. The molecule has 4 atom stereocenters. The molecule has 2 N–H and O–H groups in total. The maximum Gasteiger partial charge on any atom is 0.330 e. The minimum atomic E-state index is -0.725. The minimum Gasteiger partial charge on any atom is -0.394 e. The van der Waals surface area contributed by atoms with Crippen LogP contribution >= 0.6 is 0 Å². The number of nitrogens with zero attached hydrogens (tertiary/aromatic N) is 1. The van der Waals surface area contributed by atoms with E-state index >= 15 is 0 Å². The van der Waals surface area contributed by atoms with Crippen molar-refractivity contribution in [3.05, 3.63) is 32.6 Å². The number of aryl methyl sites for hydroxylation is 1. The van der Waals surface area contributed by atoms with E-state index in [1.54, 1.807) is 6.92 Å². The van der Waals surface area contributed by atoms with Crippen LogP contribution in [0.5, 0.6) is 0 Å². The quantitative estimate of drug-likeness (QED) is 0.797. The molecule has 1 spiro atoms. The summed E-state index contributed by atoms with van der Waals surface area (Å²) in [5.74, 6) is -0.635. The molecule has 1 aliphatic carbocycles. The summed E-state index contributed by atoms with van der Waals surface area (Å²) in [7, 11) is 0. The van der Waals surface area contributed by atoms with Gasteiger partial charge in [0, 0.05) is 24.6 Å². The van der Waals surface area contributed by atoms with Gasteiger partial charge < -0.3 is 19.3 Å². The Balaban J connectivity index is 1.69. The van der Waals surface area contributed by atoms with Crippen LogP contribution in [0.3, 0.4) is 0 Å². The zero-order valence-corrected chi connectivity index (χ0v) is 13.6. The molecule has 3 heterocycles. The fourth-order valence-corrected chi connectivity index (χ4v) is 3.97. The van der Waals surface area contributed by atoms with Crippen molar-refractivity contribution in [1.29, 1.82) is 0 Å². The maximum atomic E-state index is 12.2. The van der Waals surface area contributed by atoms with Crippen LogP contribution in [0.2, 0.25) is 0 Å². The highest BCUT2D eigenvalue weighted by Gasteiger charge is 2.58. The second-order valence-corrected chi connectivity index (χ2v) is 6.86. The zero-order chi connectivity index (χ0) is 16.9. The SMILES string of the molecule is Cc1cn(C2OC(CO)C3OC4(CCCCC4)OC32)c(=O)[nH]c1=O. The van der Waals surface area contributed by atoms with Crippen LogP contribution in [-0.2, 0) is 14.2 Å². The van der Waals surface area contributed by atoms with Crippen molar-refractivity contribution in [2.45, 2.75) is 69.4 Å². The summed E-state index contributed by atoms with van der Waals surface area (Å²) in [5.41, 5.74) is -0.563. The van der Waals surface area contributed by atoms with E-state index < -0.39 is 41.6 Å². The lowest BCUT2D eigenvalue weighted by molar-refractivity contribution is -0.233. The molecule has 4 unspecified atom stereocenters. The molecule has 4 rings (SSSR count). The van der Waals surface area contributed by atoms with Crippen LogP contribution in [0.4, 0.5) is 0 Å². The lowest BCUT2D eigenvalue weighted by Gasteiger charge is -2.34. The van der Waals surface area contributed by atoms with Crippen molar-refractivity contribution >= 4 is 0 Å². The Morgan fingerprint density at radius 2 is 1.96 bits per heavy atom. The summed E-state index contributed by atoms with van der Waals surface area (Å²) in [5, 5.41) is 9.63. The van der Waals surface area contributed by atoms with Gasteiger partial charge in [-0.15, -0.1) is 0 Å². The smallest absolute Gasteiger partial charge is 0.330 e. The number of rotatable bonds is 2. The monoisotopic (exact) mass is 338 g/mol. The lowest BCUT2D eigenvalue weighted by Crippen LogP contribution is -2.39. The number of hydrogen-bond donors (Lipinski definition) is 2. The molecule has 2 aliphatic heterocycles. The molecule has 3 fully saturated rings. The van der Waals surface area contributed by atoms with Gasteiger partial charge in [-0.1, -0.05) is 6.42 Å². The highest BCUT2D eigenvalue weighted by molar-refractivity contribution is 5.05. The van der Waals surface area contributed by atoms with Crippen molar-refractivity contribution in [2.24, 2.45) is 0 Å². The number of H-pyrrole nitrogens is 1. The topological polar surface area (TPSA) is 103 Å². The summed E-state index contributed by atoms with van der Waals surface area (Å²) in [4.78, 5) is 26.1. The van der Waals surface area contributed by atoms with E-state index in [1.807, 2.05) is 0 Å². The zero-order valence-electron chi connectivity index (χ0n) is 13.6. The highest BCUT2D eigenvalue weighted by Crippen LogP contribution is 2.48. The maximum absolute atomic E-state index is 12.2. The summed E-state index contributed by atoms with van der Waals surface area (Å²) in [6.07, 6.45) is 4.13. The standard InChI is InChI=1S/C16H22N2O6/c1-9-7-18(15(21)17-13(9)20)14-12-11(10(8-19)22-14)23-16(24-12)5-3-2-4-6-16/h7,10-12,14,19H,2-6,8H2,1H3,(H,17,20,21). The number of aromatic amines is 1. The van der Waals surface area contributed by atoms with Gasteiger partial charge in [-0.2, -0.15) is 0 Å². The fourth-order valence-electron chi connectivity index (χ4n) is 3.97. The van der Waals surface area contributed by atoms with E-state index in [0.29, 0.717) is 5.56 Å². The van der Waals surface area contributed by atoms with E-state index in [9.17, 15) is 14.7 Å². The molecule has 0 radical (unpaired) electrons. The van der Waals surface area contributed by atoms with Crippen molar-refractivity contribution in [3.63, 3.8) is 0 Å². The molecule has 132 valence electrons. The Bertz CT molecular complexity index is 735. The minimum absolute atomic E-state index is 0.214. The van der Waals surface area contributed by atoms with Crippen molar-refractivity contribution in [1.82, 2.24) is 9.55 Å². The Morgan fingerprint density at radius 1 is 1.25 bits per heavy atom. The van der Waals surface area contributed by atoms with E-state index in [4.69, 9.17) is 14.2 Å². The third-order valence-electron chi connectivity index (χ3n) is 5.20. The number of aliphatic hydroxyl groups is 1. The van der Waals surface area contributed by atoms with Gasteiger partial charge in [0.05, 0.1) is 6.61 Å². The molecular weight excluding hydrogens is 316 g/mol. The van der Waals surface area contributed by atoms with E-state index in [1.165, 1.54) is 10.8 Å². The first kappa shape index (κ1) is 16.0. The molecular formula is C16H22N2O6. The summed E-state index contributed by atoms with van der Waals surface area (Å²) in [6.45, 7) is 1.41. The van der Waals surface area contributed by atoms with Crippen LogP contribution in [0.15, 0.2) is 15.8 Å². The fraction of sp³-hybridized carbons (Fsp3) is 0.750. The van der Waals surface area contributed by atoms with E-state index in [0.717, 1.165) is 32.1 Å². The molecule has 0 bridgehead atoms. The molecule has 8 heteroatoms. The molecule has 8 nitrogen and oxygen atoms in total. The third-order valence-corrected chi connectivity index (χ3v) is 5.20. The number of aliphatic hydroxyl groups excluding tert-OH is 1. The summed E-state index contributed by atoms with van der Waals surface area (Å²) >= 11 is 0. The Morgan fingerprint density at radius 3 is 2.67 bits per heavy atom. The van der Waals surface area contributed by atoms with E-state index in [-0.39, 0.29) is 6.61 Å². The lowest BCUT2D eigenvalue weighted by atomic mass is 9.94. The van der Waals surface area contributed by atoms with Gasteiger partial charge in [0.1, 0.15) is 18.3 Å². The predicted octanol–water partition coefficient (Wildman–Crippen LogP) is 0.179. The van der Waals surface area contributed by atoms with Crippen molar-refractivity contribution in [3.8, 4) is 0 Å². The first-order valence-corrected chi connectivity index (χ1v) is 8.47. The van der Waals surface area contributed by atoms with Crippen LogP contribution in [0.1, 0.15) is 43.9 Å². The largest absolute Gasteiger partial charge is 0.394 e. The molecule has 2 saturated heterocycles. The molecule has 1 aromatic rings. The number of hydrogen-bond acceptors (Lipinski definition) is 6. The van der Waals surface area contributed by atoms with Crippen LogP contribution in [0, 0.1) is 6.92 Å². The normalized spacial score (nSPS) is 34.6. The third kappa shape index (κ3) is 2.45. The Hall–Kier alpha value is -1.48. The van der Waals surface area contributed by atoms with Crippen LogP contribution in [0.25, 0.3) is 0 Å². The Labute approximate surface area is 138 Å². The molecule has 0 amide bonds. The summed E-state index contributed by atoms with van der Waals surface area (Å²) in [6, 6.07) is 0. The molecule has 1 saturated carbocycles. The van der Waals surface area contributed by atoms with Gasteiger partial charge in [0.25, 0.3) is 5.56 Å². The molecule has 3 aliphatic rings. The average Bonchev–Trinajstić information content (AvgIpc) is 3.07. The molecule has 24 heavy (non-hydrogen) atoms. The van der Waals surface area contributed by atoms with Gasteiger partial charge >= 0.3 is 5.69 Å². The van der Waals surface area contributed by atoms with Gasteiger partial charge in [-0.05, 0) is 19.8 Å². The van der Waals surface area contributed by atoms with Crippen LogP contribution < -0.4 is 11.2 Å². The van der Waals surface area contributed by atoms with E-state index in [2.05, 4.69) is 4.98 Å². The van der Waals surface area contributed by atoms with Gasteiger partial charge in [0.2, 0.25) is 0 Å². The first-order chi connectivity index (χ1) is 11.5. The van der Waals surface area contributed by atoms with Crippen molar-refractivity contribution < 1.29 is 19.3 Å². The average molecular weight is 338 g/mol. The first-order valence-electron chi connectivity index (χ1n) is 8.47.